The largest absolute Gasteiger partial charge is 0.490 e. The summed E-state index contributed by atoms with van der Waals surface area (Å²) in [6, 6.07) is 4.82. The molecule has 14 heteroatoms. The summed E-state index contributed by atoms with van der Waals surface area (Å²) >= 11 is 1.74. The quantitative estimate of drug-likeness (QED) is 0.557. The van der Waals surface area contributed by atoms with Crippen molar-refractivity contribution >= 4 is 35.4 Å². The Labute approximate surface area is 185 Å². The Bertz CT molecular complexity index is 871. The molecule has 0 bridgehead atoms. The van der Waals surface area contributed by atoms with E-state index in [1.165, 1.54) is 6.20 Å². The average molecular weight is 475 g/mol. The van der Waals surface area contributed by atoms with Gasteiger partial charge in [-0.25, -0.2) is 9.78 Å². The fraction of sp³-hybridized carbons (Fsp3) is 0.500. The molecular formula is C18H20F3N5O5S. The van der Waals surface area contributed by atoms with Crippen LogP contribution in [0.15, 0.2) is 18.3 Å². The predicted octanol–water partition coefficient (Wildman–Crippen LogP) is 0.741. The minimum absolute atomic E-state index is 0.0792. The number of carbonyl (C=O) groups excluding carboxylic acids is 1. The van der Waals surface area contributed by atoms with Gasteiger partial charge in [-0.1, -0.05) is 0 Å². The number of carboxylic acid groups (broad SMARTS) is 2. The van der Waals surface area contributed by atoms with Crippen molar-refractivity contribution in [2.45, 2.75) is 24.7 Å². The van der Waals surface area contributed by atoms with Crippen LogP contribution in [-0.4, -0.2) is 87.5 Å². The number of amides is 1. The van der Waals surface area contributed by atoms with Gasteiger partial charge in [0.25, 0.3) is 0 Å². The van der Waals surface area contributed by atoms with E-state index in [9.17, 15) is 27.9 Å². The van der Waals surface area contributed by atoms with Gasteiger partial charge in [-0.2, -0.15) is 18.4 Å². The minimum atomic E-state index is -5.08. The zero-order valence-electron chi connectivity index (χ0n) is 16.6. The summed E-state index contributed by atoms with van der Waals surface area (Å²) in [5.41, 5.74) is 0.420. The number of pyridine rings is 1. The number of aliphatic carboxylic acids is 2. The highest BCUT2D eigenvalue weighted by molar-refractivity contribution is 7.99. The van der Waals surface area contributed by atoms with E-state index in [-0.39, 0.29) is 24.5 Å². The van der Waals surface area contributed by atoms with Gasteiger partial charge in [0.2, 0.25) is 5.91 Å². The standard InChI is InChI=1S/C16H19N5O3S.C2HF3O2/c17-6-11-1-2-14(19-7-11)21(9-15(22)23)12-5-13(18-8-12)16(24)20-3-4-25-10-20;3-2(4,5)1(6)7/h1-2,7,12-13,18H,3-5,8-10H2,(H,22,23);(H,6,7)/t12-,13-;/m0./s1. The van der Waals surface area contributed by atoms with E-state index in [4.69, 9.17) is 15.2 Å². The zero-order chi connectivity index (χ0) is 23.9. The Hall–Kier alpha value is -3.05. The fourth-order valence-electron chi connectivity index (χ4n) is 3.12. The molecule has 0 unspecified atom stereocenters. The molecule has 10 nitrogen and oxygen atoms in total. The first-order valence-electron chi connectivity index (χ1n) is 9.27. The van der Waals surface area contributed by atoms with Gasteiger partial charge in [0.05, 0.1) is 17.5 Å². The number of rotatable bonds is 5. The predicted molar refractivity (Wildman–Crippen MR) is 107 cm³/mol. The summed E-state index contributed by atoms with van der Waals surface area (Å²) in [5.74, 6) is -1.46. The number of aromatic nitrogens is 1. The molecule has 3 N–H and O–H groups in total. The summed E-state index contributed by atoms with van der Waals surface area (Å²) in [7, 11) is 0. The van der Waals surface area contributed by atoms with Gasteiger partial charge in [0.15, 0.2) is 0 Å². The van der Waals surface area contributed by atoms with Crippen molar-refractivity contribution < 1.29 is 37.8 Å². The highest BCUT2D eigenvalue weighted by Gasteiger charge is 2.38. The molecule has 2 saturated heterocycles. The summed E-state index contributed by atoms with van der Waals surface area (Å²) in [6.07, 6.45) is -3.12. The molecule has 3 rings (SSSR count). The first kappa shape index (κ1) is 25.2. The van der Waals surface area contributed by atoms with Crippen LogP contribution in [0.1, 0.15) is 12.0 Å². The van der Waals surface area contributed by atoms with Crippen LogP contribution in [0.2, 0.25) is 0 Å². The smallest absolute Gasteiger partial charge is 0.480 e. The molecule has 0 saturated carbocycles. The van der Waals surface area contributed by atoms with E-state index in [1.54, 1.807) is 28.8 Å². The third-order valence-electron chi connectivity index (χ3n) is 4.63. The van der Waals surface area contributed by atoms with Crippen molar-refractivity contribution in [2.75, 3.05) is 36.2 Å². The molecule has 2 atom stereocenters. The second kappa shape index (κ2) is 11.0. The maximum absolute atomic E-state index is 12.5. The highest BCUT2D eigenvalue weighted by atomic mass is 32.2. The van der Waals surface area contributed by atoms with Gasteiger partial charge in [0.1, 0.15) is 18.4 Å². The number of nitriles is 1. The monoisotopic (exact) mass is 475 g/mol. The topological polar surface area (TPSA) is 147 Å². The van der Waals surface area contributed by atoms with Gasteiger partial charge in [-0.05, 0) is 18.6 Å². The molecule has 3 heterocycles. The molecule has 2 aliphatic rings. The minimum Gasteiger partial charge on any atom is -0.480 e. The number of carbonyl (C=O) groups is 3. The van der Waals surface area contributed by atoms with Crippen molar-refractivity contribution in [3.63, 3.8) is 0 Å². The summed E-state index contributed by atoms with van der Waals surface area (Å²) in [4.78, 5) is 40.4. The molecule has 0 aliphatic carbocycles. The van der Waals surface area contributed by atoms with Gasteiger partial charge < -0.3 is 25.3 Å². The van der Waals surface area contributed by atoms with Crippen LogP contribution in [0.5, 0.6) is 0 Å². The number of anilines is 1. The first-order chi connectivity index (χ1) is 15.0. The van der Waals surface area contributed by atoms with E-state index < -0.39 is 18.1 Å². The van der Waals surface area contributed by atoms with Crippen LogP contribution in [-0.2, 0) is 14.4 Å². The normalized spacial score (nSPS) is 20.1. The molecule has 2 aliphatic heterocycles. The van der Waals surface area contributed by atoms with E-state index in [2.05, 4.69) is 10.3 Å². The Balaban J connectivity index is 0.000000451. The Kier molecular flexibility index (Phi) is 8.67. The maximum atomic E-state index is 12.5. The molecule has 32 heavy (non-hydrogen) atoms. The molecule has 0 spiro atoms. The van der Waals surface area contributed by atoms with Crippen molar-refractivity contribution in [3.8, 4) is 6.07 Å². The number of nitrogens with zero attached hydrogens (tertiary/aromatic N) is 4. The third kappa shape index (κ3) is 6.99. The lowest BCUT2D eigenvalue weighted by Gasteiger charge is -2.28. The molecule has 2 fully saturated rings. The molecular weight excluding hydrogens is 455 g/mol. The number of thioether (sulfide) groups is 1. The first-order valence-corrected chi connectivity index (χ1v) is 10.4. The molecule has 1 amide bonds. The van der Waals surface area contributed by atoms with Crippen LogP contribution in [0, 0.1) is 11.3 Å². The average Bonchev–Trinajstić information content (AvgIpc) is 3.43. The maximum Gasteiger partial charge on any atom is 0.490 e. The number of nitrogens with one attached hydrogen (secondary N) is 1. The summed E-state index contributed by atoms with van der Waals surface area (Å²) in [6.45, 7) is 1.08. The van der Waals surface area contributed by atoms with Gasteiger partial charge in [0, 0.05) is 31.1 Å². The lowest BCUT2D eigenvalue weighted by molar-refractivity contribution is -0.192. The Morgan fingerprint density at radius 2 is 2.03 bits per heavy atom. The van der Waals surface area contributed by atoms with Crippen molar-refractivity contribution in [2.24, 2.45) is 0 Å². The molecule has 1 aromatic heterocycles. The van der Waals surface area contributed by atoms with Crippen LogP contribution < -0.4 is 10.2 Å². The van der Waals surface area contributed by atoms with Crippen LogP contribution in [0.3, 0.4) is 0 Å². The van der Waals surface area contributed by atoms with Crippen molar-refractivity contribution in [3.05, 3.63) is 23.9 Å². The SMILES string of the molecule is N#Cc1ccc(N(CC(=O)O)[C@@H]2CN[C@H](C(=O)N3CCSC3)C2)nc1.O=C(O)C(F)(F)F. The van der Waals surface area contributed by atoms with Crippen LogP contribution in [0.25, 0.3) is 0 Å². The number of hydrogen-bond acceptors (Lipinski definition) is 8. The molecule has 0 aromatic carbocycles. The number of hydrogen-bond donors (Lipinski definition) is 3. The molecule has 174 valence electrons. The number of halogens is 3. The second-order valence-corrected chi connectivity index (χ2v) is 7.91. The van der Waals surface area contributed by atoms with Crippen molar-refractivity contribution in [1.82, 2.24) is 15.2 Å². The Morgan fingerprint density at radius 3 is 2.50 bits per heavy atom. The van der Waals surface area contributed by atoms with E-state index >= 15 is 0 Å². The third-order valence-corrected chi connectivity index (χ3v) is 5.60. The Morgan fingerprint density at radius 1 is 1.34 bits per heavy atom. The van der Waals surface area contributed by atoms with E-state index in [0.29, 0.717) is 24.3 Å². The molecule has 0 radical (unpaired) electrons. The zero-order valence-corrected chi connectivity index (χ0v) is 17.4. The lowest BCUT2D eigenvalue weighted by atomic mass is 10.1. The summed E-state index contributed by atoms with van der Waals surface area (Å²) < 4.78 is 31.7. The number of carboxylic acids is 2. The van der Waals surface area contributed by atoms with E-state index in [1.807, 2.05) is 11.0 Å². The highest BCUT2D eigenvalue weighted by Crippen LogP contribution is 2.23. The lowest BCUT2D eigenvalue weighted by Crippen LogP contribution is -2.42. The van der Waals surface area contributed by atoms with Gasteiger partial charge >= 0.3 is 18.1 Å². The molecule has 1 aromatic rings. The van der Waals surface area contributed by atoms with Gasteiger partial charge in [-0.15, -0.1) is 11.8 Å². The van der Waals surface area contributed by atoms with Gasteiger partial charge in [-0.3, -0.25) is 9.59 Å². The van der Waals surface area contributed by atoms with Crippen molar-refractivity contribution in [1.29, 1.82) is 5.26 Å². The second-order valence-electron chi connectivity index (χ2n) is 6.83. The number of alkyl halides is 3. The van der Waals surface area contributed by atoms with Crippen LogP contribution in [0.4, 0.5) is 19.0 Å². The van der Waals surface area contributed by atoms with Crippen LogP contribution >= 0.6 is 11.8 Å². The summed E-state index contributed by atoms with van der Waals surface area (Å²) in [5, 5.41) is 28.4. The fourth-order valence-corrected chi connectivity index (χ4v) is 4.07. The van der Waals surface area contributed by atoms with E-state index in [0.717, 1.165) is 18.2 Å².